The van der Waals surface area contributed by atoms with Gasteiger partial charge in [0.2, 0.25) is 0 Å². The third-order valence-corrected chi connectivity index (χ3v) is 2.09. The summed E-state index contributed by atoms with van der Waals surface area (Å²) in [7, 11) is 0. The Balaban J connectivity index is 0.000000531. The van der Waals surface area contributed by atoms with Crippen molar-refractivity contribution in [2.45, 2.75) is 6.42 Å². The maximum atomic E-state index is 4.00. The molecule has 4 N–H and O–H groups in total. The highest BCUT2D eigenvalue weighted by molar-refractivity contribution is 5.25. The van der Waals surface area contributed by atoms with Crippen LogP contribution in [0.4, 0.5) is 0 Å². The van der Waals surface area contributed by atoms with Crippen molar-refractivity contribution in [3.63, 3.8) is 0 Å². The quantitative estimate of drug-likeness (QED) is 0.576. The molecule has 0 fully saturated rings. The van der Waals surface area contributed by atoms with Gasteiger partial charge in [-0.3, -0.25) is 11.7 Å². The molecular formula is C13H16N2. The van der Waals surface area contributed by atoms with Crippen LogP contribution < -0.4 is 11.7 Å². The van der Waals surface area contributed by atoms with Crippen LogP contribution >= 0.6 is 0 Å². The lowest BCUT2D eigenvalue weighted by Gasteiger charge is -2.00. The third kappa shape index (κ3) is 3.94. The first-order valence-corrected chi connectivity index (χ1v) is 4.86. The minimum absolute atomic E-state index is 1.03. The van der Waals surface area contributed by atoms with Crippen LogP contribution in [0.15, 0.2) is 60.7 Å². The van der Waals surface area contributed by atoms with Crippen LogP contribution in [0.1, 0.15) is 11.1 Å². The predicted octanol–water partition coefficient (Wildman–Crippen LogP) is 2.10. The van der Waals surface area contributed by atoms with E-state index in [0.717, 1.165) is 6.42 Å². The molecule has 0 amide bonds. The Morgan fingerprint density at radius 3 is 1.27 bits per heavy atom. The van der Waals surface area contributed by atoms with E-state index in [-0.39, 0.29) is 0 Å². The summed E-state index contributed by atoms with van der Waals surface area (Å²) >= 11 is 0. The van der Waals surface area contributed by atoms with Crippen molar-refractivity contribution in [2.75, 3.05) is 0 Å². The minimum Gasteiger partial charge on any atom is -0.274 e. The lowest BCUT2D eigenvalue weighted by Crippen LogP contribution is -2.02. The zero-order valence-electron chi connectivity index (χ0n) is 8.64. The molecule has 0 aliphatic rings. The van der Waals surface area contributed by atoms with E-state index >= 15 is 0 Å². The molecule has 0 saturated carbocycles. The van der Waals surface area contributed by atoms with Crippen LogP contribution in [0.25, 0.3) is 0 Å². The van der Waals surface area contributed by atoms with Gasteiger partial charge in [-0.25, -0.2) is 0 Å². The molecule has 2 aromatic rings. The van der Waals surface area contributed by atoms with Gasteiger partial charge in [0.25, 0.3) is 0 Å². The van der Waals surface area contributed by atoms with E-state index in [2.05, 4.69) is 72.3 Å². The van der Waals surface area contributed by atoms with Crippen molar-refractivity contribution in [3.05, 3.63) is 71.8 Å². The van der Waals surface area contributed by atoms with Crippen LogP contribution in [0.5, 0.6) is 0 Å². The molecular weight excluding hydrogens is 184 g/mol. The molecule has 2 heteroatoms. The summed E-state index contributed by atoms with van der Waals surface area (Å²) in [4.78, 5) is 0. The second-order valence-corrected chi connectivity index (χ2v) is 3.15. The fraction of sp³-hybridized carbons (Fsp3) is 0.0769. The maximum Gasteiger partial charge on any atom is -0.00258 e. The van der Waals surface area contributed by atoms with E-state index in [0.29, 0.717) is 0 Å². The Morgan fingerprint density at radius 2 is 0.933 bits per heavy atom. The van der Waals surface area contributed by atoms with Crippen molar-refractivity contribution in [2.24, 2.45) is 11.7 Å². The zero-order chi connectivity index (χ0) is 10.9. The highest BCUT2D eigenvalue weighted by atomic mass is 15.0. The molecule has 0 bridgehead atoms. The molecule has 0 aromatic heterocycles. The molecule has 2 aromatic carbocycles. The van der Waals surface area contributed by atoms with Gasteiger partial charge in [0.05, 0.1) is 0 Å². The highest BCUT2D eigenvalue weighted by Crippen LogP contribution is 2.07. The Morgan fingerprint density at radius 1 is 0.600 bits per heavy atom. The van der Waals surface area contributed by atoms with Crippen molar-refractivity contribution >= 4 is 0 Å². The number of benzene rings is 2. The van der Waals surface area contributed by atoms with Gasteiger partial charge in [0.1, 0.15) is 0 Å². The number of nitrogens with two attached hydrogens (primary N) is 2. The van der Waals surface area contributed by atoms with Crippen LogP contribution in [0, 0.1) is 0 Å². The first-order valence-electron chi connectivity index (χ1n) is 4.86. The molecule has 0 aliphatic carbocycles. The molecule has 0 unspecified atom stereocenters. The third-order valence-electron chi connectivity index (χ3n) is 2.09. The van der Waals surface area contributed by atoms with E-state index in [1.54, 1.807) is 0 Å². The Kier molecular flexibility index (Phi) is 5.15. The summed E-state index contributed by atoms with van der Waals surface area (Å²) in [6.07, 6.45) is 1.03. The fourth-order valence-corrected chi connectivity index (χ4v) is 1.43. The highest BCUT2D eigenvalue weighted by Gasteiger charge is 1.92. The molecule has 0 aliphatic heterocycles. The number of hydrogen-bond donors (Lipinski definition) is 2. The fourth-order valence-electron chi connectivity index (χ4n) is 1.43. The predicted molar refractivity (Wildman–Crippen MR) is 64.1 cm³/mol. The molecule has 0 spiro atoms. The van der Waals surface area contributed by atoms with Gasteiger partial charge in [-0.15, -0.1) is 0 Å². The topological polar surface area (TPSA) is 52.0 Å². The first kappa shape index (κ1) is 11.4. The van der Waals surface area contributed by atoms with Gasteiger partial charge in [0.15, 0.2) is 0 Å². The smallest absolute Gasteiger partial charge is 0.00258 e. The van der Waals surface area contributed by atoms with E-state index in [9.17, 15) is 0 Å². The first-order chi connectivity index (χ1) is 7.45. The van der Waals surface area contributed by atoms with E-state index in [1.807, 2.05) is 0 Å². The number of rotatable bonds is 2. The van der Waals surface area contributed by atoms with Crippen molar-refractivity contribution < 1.29 is 0 Å². The molecule has 0 saturated heterocycles. The molecule has 0 radical (unpaired) electrons. The average Bonchev–Trinajstić information content (AvgIpc) is 2.34. The number of hydrazine groups is 1. The average molecular weight is 200 g/mol. The SMILES string of the molecule is NN.c1ccc(Cc2ccccc2)cc1. The summed E-state index contributed by atoms with van der Waals surface area (Å²) in [6.45, 7) is 0. The van der Waals surface area contributed by atoms with Crippen molar-refractivity contribution in [3.8, 4) is 0 Å². The summed E-state index contributed by atoms with van der Waals surface area (Å²) in [5.41, 5.74) is 2.74. The van der Waals surface area contributed by atoms with Crippen molar-refractivity contribution in [1.29, 1.82) is 0 Å². The zero-order valence-corrected chi connectivity index (χ0v) is 8.64. The monoisotopic (exact) mass is 200 g/mol. The van der Waals surface area contributed by atoms with Gasteiger partial charge >= 0.3 is 0 Å². The lowest BCUT2D eigenvalue weighted by atomic mass is 10.1. The van der Waals surface area contributed by atoms with Gasteiger partial charge in [-0.1, -0.05) is 60.7 Å². The van der Waals surface area contributed by atoms with Crippen LogP contribution in [0.2, 0.25) is 0 Å². The van der Waals surface area contributed by atoms with E-state index in [4.69, 9.17) is 0 Å². The van der Waals surface area contributed by atoms with Crippen LogP contribution in [0.3, 0.4) is 0 Å². The standard InChI is InChI=1S/C13H12.H4N2/c1-3-7-12(8-4-1)11-13-9-5-2-6-10-13;1-2/h1-10H,11H2;1-2H2. The molecule has 0 heterocycles. The van der Waals surface area contributed by atoms with Crippen LogP contribution in [-0.2, 0) is 6.42 Å². The largest absolute Gasteiger partial charge is 0.274 e. The van der Waals surface area contributed by atoms with Gasteiger partial charge < -0.3 is 0 Å². The summed E-state index contributed by atoms with van der Waals surface area (Å²) in [5.74, 6) is 8.00. The normalized spacial score (nSPS) is 8.93. The minimum atomic E-state index is 1.03. The molecule has 2 rings (SSSR count). The second kappa shape index (κ2) is 6.76. The molecule has 78 valence electrons. The summed E-state index contributed by atoms with van der Waals surface area (Å²) in [6, 6.07) is 21.1. The van der Waals surface area contributed by atoms with E-state index < -0.39 is 0 Å². The Bertz CT molecular complexity index is 319. The summed E-state index contributed by atoms with van der Waals surface area (Å²) < 4.78 is 0. The molecule has 2 nitrogen and oxygen atoms in total. The second-order valence-electron chi connectivity index (χ2n) is 3.15. The summed E-state index contributed by atoms with van der Waals surface area (Å²) in [5, 5.41) is 0. The van der Waals surface area contributed by atoms with E-state index in [1.165, 1.54) is 11.1 Å². The maximum absolute atomic E-state index is 4.00. The lowest BCUT2D eigenvalue weighted by molar-refractivity contribution is 1.19. The number of hydrogen-bond acceptors (Lipinski definition) is 2. The molecule has 0 atom stereocenters. The Hall–Kier alpha value is -1.64. The molecule has 15 heavy (non-hydrogen) atoms. The van der Waals surface area contributed by atoms with Gasteiger partial charge in [-0.2, -0.15) is 0 Å². The van der Waals surface area contributed by atoms with Crippen molar-refractivity contribution in [1.82, 2.24) is 0 Å². The van der Waals surface area contributed by atoms with Gasteiger partial charge in [0, 0.05) is 0 Å². The Labute approximate surface area is 90.5 Å². The van der Waals surface area contributed by atoms with Crippen LogP contribution in [-0.4, -0.2) is 0 Å². The van der Waals surface area contributed by atoms with Gasteiger partial charge in [-0.05, 0) is 17.5 Å².